The molecule has 3 aromatic rings. The lowest BCUT2D eigenvalue weighted by molar-refractivity contribution is -0.147. The van der Waals surface area contributed by atoms with E-state index in [-0.39, 0.29) is 32.2 Å². The summed E-state index contributed by atoms with van der Waals surface area (Å²) in [7, 11) is 0. The lowest BCUT2D eigenvalue weighted by Crippen LogP contribution is -2.42. The summed E-state index contributed by atoms with van der Waals surface area (Å²) < 4.78 is 16.5. The number of fused-ring (bicyclic) bond motifs is 3. The number of carbonyl (C=O) groups is 3. The number of carbonyl (C=O) groups excluding carboxylic acids is 2. The second-order valence-electron chi connectivity index (χ2n) is 9.05. The van der Waals surface area contributed by atoms with Gasteiger partial charge in [-0.25, -0.2) is 9.59 Å². The molecule has 4 rings (SSSR count). The molecule has 1 aliphatic carbocycles. The molecule has 1 unspecified atom stereocenters. The zero-order valence-electron chi connectivity index (χ0n) is 21.6. The minimum absolute atomic E-state index is 0.0242. The van der Waals surface area contributed by atoms with Crippen molar-refractivity contribution < 1.29 is 33.7 Å². The number of nitrogens with one attached hydrogen (secondary N) is 1. The molecule has 39 heavy (non-hydrogen) atoms. The first-order valence-electron chi connectivity index (χ1n) is 12.7. The van der Waals surface area contributed by atoms with Gasteiger partial charge in [-0.05, 0) is 58.4 Å². The predicted molar refractivity (Wildman–Crippen MR) is 149 cm³/mol. The zero-order valence-corrected chi connectivity index (χ0v) is 22.4. The summed E-state index contributed by atoms with van der Waals surface area (Å²) in [6.45, 7) is 0.254. The Balaban J connectivity index is 1.30. The van der Waals surface area contributed by atoms with Crippen LogP contribution < -0.4 is 10.1 Å². The summed E-state index contributed by atoms with van der Waals surface area (Å²) in [5.41, 5.74) is 5.25. The van der Waals surface area contributed by atoms with Crippen LogP contribution in [0.5, 0.6) is 5.75 Å². The molecular formula is C30H31NO7S. The lowest BCUT2D eigenvalue weighted by atomic mass is 9.98. The average Bonchev–Trinajstić information content (AvgIpc) is 3.27. The average molecular weight is 550 g/mol. The van der Waals surface area contributed by atoms with Crippen molar-refractivity contribution in [3.63, 3.8) is 0 Å². The fourth-order valence-corrected chi connectivity index (χ4v) is 4.93. The van der Waals surface area contributed by atoms with E-state index >= 15 is 0 Å². The number of carboxylic acids is 1. The molecule has 3 aromatic carbocycles. The Morgan fingerprint density at radius 1 is 0.923 bits per heavy atom. The molecular weight excluding hydrogens is 518 g/mol. The van der Waals surface area contributed by atoms with Crippen molar-refractivity contribution in [3.8, 4) is 16.9 Å². The number of hydrogen-bond acceptors (Lipinski definition) is 7. The third-order valence-electron chi connectivity index (χ3n) is 6.42. The number of rotatable bonds is 13. The van der Waals surface area contributed by atoms with Crippen molar-refractivity contribution in [2.45, 2.75) is 31.4 Å². The Morgan fingerprint density at radius 3 is 2.18 bits per heavy atom. The van der Waals surface area contributed by atoms with Crippen LogP contribution in [0.3, 0.4) is 0 Å². The highest BCUT2D eigenvalue weighted by Crippen LogP contribution is 2.44. The number of amides is 1. The fourth-order valence-electron chi connectivity index (χ4n) is 4.46. The second kappa shape index (κ2) is 13.7. The number of thioether (sulfide) groups is 1. The monoisotopic (exact) mass is 549 g/mol. The zero-order chi connectivity index (χ0) is 27.6. The standard InChI is InChI=1S/C30H31NO7S/c1-39-17-15-27(29(34)37-18-20-10-12-21(13-11-20)36-16-14-28(32)33)31-30(35)38-19-26-24-8-4-2-6-22(24)23-7-3-5-9-25(23)26/h2-13,26-27H,14-19H2,1H3,(H,31,35)(H,32,33). The van der Waals surface area contributed by atoms with Crippen LogP contribution in [-0.2, 0) is 25.7 Å². The number of benzene rings is 3. The molecule has 0 spiro atoms. The maximum atomic E-state index is 12.8. The lowest BCUT2D eigenvalue weighted by Gasteiger charge is -2.19. The minimum atomic E-state index is -0.929. The molecule has 0 aromatic heterocycles. The van der Waals surface area contributed by atoms with Crippen LogP contribution in [0.1, 0.15) is 35.4 Å². The van der Waals surface area contributed by atoms with E-state index < -0.39 is 24.1 Å². The molecule has 9 heteroatoms. The van der Waals surface area contributed by atoms with Crippen LogP contribution >= 0.6 is 11.8 Å². The molecule has 1 aliphatic rings. The minimum Gasteiger partial charge on any atom is -0.493 e. The first-order chi connectivity index (χ1) is 19.0. The van der Waals surface area contributed by atoms with E-state index in [9.17, 15) is 14.4 Å². The summed E-state index contributed by atoms with van der Waals surface area (Å²) in [5.74, 6) is -0.358. The van der Waals surface area contributed by atoms with E-state index in [4.69, 9.17) is 19.3 Å². The van der Waals surface area contributed by atoms with Crippen LogP contribution in [0.2, 0.25) is 0 Å². The Labute approximate surface area is 231 Å². The molecule has 204 valence electrons. The van der Waals surface area contributed by atoms with Crippen LogP contribution in [0, 0.1) is 0 Å². The molecule has 0 saturated carbocycles. The highest BCUT2D eigenvalue weighted by molar-refractivity contribution is 7.98. The van der Waals surface area contributed by atoms with Gasteiger partial charge in [0.1, 0.15) is 25.0 Å². The molecule has 0 aliphatic heterocycles. The van der Waals surface area contributed by atoms with E-state index in [1.54, 1.807) is 36.0 Å². The van der Waals surface area contributed by atoms with Gasteiger partial charge in [-0.15, -0.1) is 0 Å². The van der Waals surface area contributed by atoms with Crippen molar-refractivity contribution in [2.24, 2.45) is 0 Å². The van der Waals surface area contributed by atoms with E-state index in [0.717, 1.165) is 27.8 Å². The number of hydrogen-bond donors (Lipinski definition) is 2. The molecule has 1 amide bonds. The topological polar surface area (TPSA) is 111 Å². The summed E-state index contributed by atoms with van der Waals surface area (Å²) in [5, 5.41) is 11.4. The molecule has 0 saturated heterocycles. The number of carboxylic acid groups (broad SMARTS) is 1. The van der Waals surface area contributed by atoms with Crippen LogP contribution in [0.4, 0.5) is 4.79 Å². The van der Waals surface area contributed by atoms with Gasteiger partial charge in [-0.3, -0.25) is 4.79 Å². The van der Waals surface area contributed by atoms with E-state index in [0.29, 0.717) is 17.9 Å². The second-order valence-corrected chi connectivity index (χ2v) is 10.0. The Hall–Kier alpha value is -3.98. The normalized spacial score (nSPS) is 12.6. The highest BCUT2D eigenvalue weighted by Gasteiger charge is 2.30. The highest BCUT2D eigenvalue weighted by atomic mass is 32.2. The largest absolute Gasteiger partial charge is 0.493 e. The van der Waals surface area contributed by atoms with Crippen LogP contribution in [-0.4, -0.2) is 54.4 Å². The summed E-state index contributed by atoms with van der Waals surface area (Å²) in [6.07, 6.45) is 1.58. The van der Waals surface area contributed by atoms with Crippen molar-refractivity contribution in [2.75, 3.05) is 25.2 Å². The Kier molecular flexibility index (Phi) is 9.85. The third kappa shape index (κ3) is 7.54. The maximum absolute atomic E-state index is 12.8. The summed E-state index contributed by atoms with van der Waals surface area (Å²) >= 11 is 1.57. The molecule has 2 N–H and O–H groups in total. The van der Waals surface area contributed by atoms with Gasteiger partial charge >= 0.3 is 18.0 Å². The number of alkyl carbamates (subject to hydrolysis) is 1. The van der Waals surface area contributed by atoms with E-state index in [2.05, 4.69) is 29.6 Å². The quantitative estimate of drug-likeness (QED) is 0.278. The molecule has 0 bridgehead atoms. The number of ether oxygens (including phenoxy) is 3. The molecule has 0 heterocycles. The Bertz CT molecular complexity index is 1250. The summed E-state index contributed by atoms with van der Waals surface area (Å²) in [4.78, 5) is 36.2. The van der Waals surface area contributed by atoms with Gasteiger partial charge in [0.05, 0.1) is 13.0 Å². The van der Waals surface area contributed by atoms with Gasteiger partial charge < -0.3 is 24.6 Å². The Morgan fingerprint density at radius 2 is 1.56 bits per heavy atom. The van der Waals surface area contributed by atoms with Gasteiger partial charge in [0.2, 0.25) is 0 Å². The van der Waals surface area contributed by atoms with E-state index in [1.807, 2.05) is 30.5 Å². The van der Waals surface area contributed by atoms with Gasteiger partial charge in [0, 0.05) is 5.92 Å². The number of esters is 1. The first-order valence-corrected chi connectivity index (χ1v) is 14.1. The maximum Gasteiger partial charge on any atom is 0.407 e. The fraction of sp³-hybridized carbons (Fsp3) is 0.300. The van der Waals surface area contributed by atoms with E-state index in [1.165, 1.54) is 0 Å². The predicted octanol–water partition coefficient (Wildman–Crippen LogP) is 5.24. The van der Waals surface area contributed by atoms with Gasteiger partial charge in [-0.1, -0.05) is 60.7 Å². The first kappa shape index (κ1) is 28.0. The molecule has 1 atom stereocenters. The SMILES string of the molecule is CSCCC(NC(=O)OCC1c2ccccc2-c2ccccc21)C(=O)OCc1ccc(OCCC(=O)O)cc1. The van der Waals surface area contributed by atoms with Gasteiger partial charge in [-0.2, -0.15) is 11.8 Å². The van der Waals surface area contributed by atoms with Crippen molar-refractivity contribution in [1.82, 2.24) is 5.32 Å². The molecule has 0 fully saturated rings. The smallest absolute Gasteiger partial charge is 0.407 e. The van der Waals surface area contributed by atoms with Crippen molar-refractivity contribution >= 4 is 29.8 Å². The van der Waals surface area contributed by atoms with Gasteiger partial charge in [0.25, 0.3) is 0 Å². The van der Waals surface area contributed by atoms with Crippen LogP contribution in [0.25, 0.3) is 11.1 Å². The van der Waals surface area contributed by atoms with Crippen molar-refractivity contribution in [1.29, 1.82) is 0 Å². The van der Waals surface area contributed by atoms with Crippen molar-refractivity contribution in [3.05, 3.63) is 89.5 Å². The summed E-state index contributed by atoms with van der Waals surface area (Å²) in [6, 6.07) is 22.2. The molecule has 8 nitrogen and oxygen atoms in total. The van der Waals surface area contributed by atoms with Crippen LogP contribution in [0.15, 0.2) is 72.8 Å². The number of aliphatic carboxylic acids is 1. The van der Waals surface area contributed by atoms with Gasteiger partial charge in [0.15, 0.2) is 0 Å². The third-order valence-corrected chi connectivity index (χ3v) is 7.06. The molecule has 0 radical (unpaired) electrons.